The minimum atomic E-state index is -3.66. The summed E-state index contributed by atoms with van der Waals surface area (Å²) in [6.45, 7) is 5.41. The molecule has 0 bridgehead atoms. The first kappa shape index (κ1) is 20.1. The zero-order chi connectivity index (χ0) is 19.4. The van der Waals surface area contributed by atoms with Gasteiger partial charge >= 0.3 is 6.09 Å². The lowest BCUT2D eigenvalue weighted by Crippen LogP contribution is -2.38. The fourth-order valence-corrected chi connectivity index (χ4v) is 4.29. The normalized spacial score (nSPS) is 25.0. The van der Waals surface area contributed by atoms with E-state index in [0.717, 1.165) is 45.2 Å². The molecule has 0 N–H and O–H groups in total. The highest BCUT2D eigenvalue weighted by Crippen LogP contribution is 2.26. The number of hydrogen-bond acceptors (Lipinski definition) is 6. The molecule has 0 saturated carbocycles. The number of benzene rings is 1. The quantitative estimate of drug-likeness (QED) is 0.659. The molecule has 2 aliphatic rings. The van der Waals surface area contributed by atoms with E-state index in [1.54, 1.807) is 11.8 Å². The molecule has 0 aromatic heterocycles. The first-order valence-electron chi connectivity index (χ1n) is 9.43. The molecule has 0 spiro atoms. The second-order valence-electron chi connectivity index (χ2n) is 7.48. The van der Waals surface area contributed by atoms with Crippen molar-refractivity contribution in [1.82, 2.24) is 9.80 Å². The van der Waals surface area contributed by atoms with Crippen LogP contribution in [0.3, 0.4) is 0 Å². The molecular weight excluding hydrogens is 368 g/mol. The average Bonchev–Trinajstić information content (AvgIpc) is 2.87. The Balaban J connectivity index is 1.42. The van der Waals surface area contributed by atoms with Gasteiger partial charge in [0.05, 0.1) is 12.3 Å². The van der Waals surface area contributed by atoms with Gasteiger partial charge in [-0.15, -0.1) is 0 Å². The maximum Gasteiger partial charge on any atom is 0.412 e. The summed E-state index contributed by atoms with van der Waals surface area (Å²) in [5, 5.41) is 0. The van der Waals surface area contributed by atoms with E-state index in [1.807, 2.05) is 6.07 Å². The molecule has 2 aliphatic heterocycles. The van der Waals surface area contributed by atoms with E-state index in [1.165, 1.54) is 5.56 Å². The molecule has 3 rings (SSSR count). The molecule has 0 aliphatic carbocycles. The fraction of sp³-hybridized carbons (Fsp3) is 0.632. The first-order chi connectivity index (χ1) is 12.8. The van der Waals surface area contributed by atoms with Gasteiger partial charge < -0.3 is 4.74 Å². The van der Waals surface area contributed by atoms with Crippen molar-refractivity contribution in [2.24, 2.45) is 5.92 Å². The Morgan fingerprint density at radius 1 is 1.19 bits per heavy atom. The summed E-state index contributed by atoms with van der Waals surface area (Å²) in [5.74, 6) is 0.562. The number of cyclic esters (lactones) is 1. The highest BCUT2D eigenvalue weighted by Gasteiger charge is 2.41. The van der Waals surface area contributed by atoms with Crippen molar-refractivity contribution >= 4 is 16.2 Å². The predicted molar refractivity (Wildman–Crippen MR) is 101 cm³/mol. The van der Waals surface area contributed by atoms with Crippen molar-refractivity contribution in [2.75, 3.05) is 25.9 Å². The third-order valence-corrected chi connectivity index (χ3v) is 5.88. The monoisotopic (exact) mass is 396 g/mol. The lowest BCUT2D eigenvalue weighted by atomic mass is 9.93. The van der Waals surface area contributed by atoms with Crippen LogP contribution in [0, 0.1) is 5.92 Å². The number of carbonyl (C=O) groups excluding carboxylic acids is 1. The Kier molecular flexibility index (Phi) is 6.39. The number of hydrogen-bond donors (Lipinski definition) is 0. The summed E-state index contributed by atoms with van der Waals surface area (Å²) >= 11 is 0. The van der Waals surface area contributed by atoms with Crippen molar-refractivity contribution in [1.29, 1.82) is 0 Å². The van der Waals surface area contributed by atoms with Crippen molar-refractivity contribution in [3.8, 4) is 0 Å². The van der Waals surface area contributed by atoms with E-state index in [9.17, 15) is 13.2 Å². The van der Waals surface area contributed by atoms with Gasteiger partial charge in [-0.1, -0.05) is 30.3 Å². The molecular formula is C19H28N2O5S. The van der Waals surface area contributed by atoms with Gasteiger partial charge in [-0.05, 0) is 50.8 Å². The Hall–Kier alpha value is -1.64. The number of nitrogens with zero attached hydrogens (tertiary/aromatic N) is 2. The van der Waals surface area contributed by atoms with Crippen molar-refractivity contribution in [3.63, 3.8) is 0 Å². The SMILES string of the molecule is CC1C(OS(C)(=O)=O)OC(=O)N1CCC1CCN(Cc2ccccc2)CC1. The van der Waals surface area contributed by atoms with Gasteiger partial charge in [-0.25, -0.2) is 8.98 Å². The summed E-state index contributed by atoms with van der Waals surface area (Å²) < 4.78 is 32.5. The van der Waals surface area contributed by atoms with Crippen LogP contribution in [0.1, 0.15) is 31.7 Å². The van der Waals surface area contributed by atoms with Crippen molar-refractivity contribution in [3.05, 3.63) is 35.9 Å². The molecule has 150 valence electrons. The van der Waals surface area contributed by atoms with Crippen LogP contribution in [-0.2, 0) is 25.6 Å². The Bertz CT molecular complexity index is 732. The van der Waals surface area contributed by atoms with Gasteiger partial charge in [-0.3, -0.25) is 9.80 Å². The topological polar surface area (TPSA) is 76.2 Å². The number of rotatable bonds is 7. The Labute approximate surface area is 161 Å². The standard InChI is InChI=1S/C19H28N2O5S/c1-15-18(26-27(2,23)24)25-19(22)21(15)13-10-16-8-11-20(12-9-16)14-17-6-4-3-5-7-17/h3-7,15-16,18H,8-14H2,1-2H3. The Morgan fingerprint density at radius 3 is 2.48 bits per heavy atom. The highest BCUT2D eigenvalue weighted by atomic mass is 32.2. The van der Waals surface area contributed by atoms with Gasteiger partial charge in [0, 0.05) is 13.1 Å². The Morgan fingerprint density at radius 2 is 1.85 bits per heavy atom. The van der Waals surface area contributed by atoms with Gasteiger partial charge in [0.25, 0.3) is 10.1 Å². The molecule has 1 amide bonds. The molecule has 2 unspecified atom stereocenters. The van der Waals surface area contributed by atoms with Crippen LogP contribution in [0.15, 0.2) is 30.3 Å². The molecule has 1 aromatic carbocycles. The average molecular weight is 397 g/mol. The van der Waals surface area contributed by atoms with Crippen LogP contribution in [0.4, 0.5) is 4.79 Å². The molecule has 8 heteroatoms. The van der Waals surface area contributed by atoms with E-state index in [0.29, 0.717) is 12.5 Å². The van der Waals surface area contributed by atoms with Crippen LogP contribution in [0.5, 0.6) is 0 Å². The molecule has 2 heterocycles. The van der Waals surface area contributed by atoms with Crippen LogP contribution in [-0.4, -0.2) is 62.5 Å². The summed E-state index contributed by atoms with van der Waals surface area (Å²) in [5.41, 5.74) is 1.33. The third kappa shape index (κ3) is 5.67. The largest absolute Gasteiger partial charge is 0.416 e. The number of piperidine rings is 1. The molecule has 0 radical (unpaired) electrons. The second kappa shape index (κ2) is 8.58. The van der Waals surface area contributed by atoms with Gasteiger partial charge in [0.1, 0.15) is 0 Å². The highest BCUT2D eigenvalue weighted by molar-refractivity contribution is 7.86. The smallest absolute Gasteiger partial charge is 0.412 e. The predicted octanol–water partition coefficient (Wildman–Crippen LogP) is 2.43. The summed E-state index contributed by atoms with van der Waals surface area (Å²) in [7, 11) is -3.66. The lowest BCUT2D eigenvalue weighted by molar-refractivity contribution is -0.00754. The van der Waals surface area contributed by atoms with Gasteiger partial charge in [0.15, 0.2) is 0 Å². The van der Waals surface area contributed by atoms with Crippen LogP contribution < -0.4 is 0 Å². The minimum absolute atomic E-state index is 0.412. The number of ether oxygens (including phenoxy) is 1. The van der Waals surface area contributed by atoms with Crippen molar-refractivity contribution < 1.29 is 22.1 Å². The van der Waals surface area contributed by atoms with E-state index in [2.05, 4.69) is 29.2 Å². The van der Waals surface area contributed by atoms with E-state index in [-0.39, 0.29) is 0 Å². The van der Waals surface area contributed by atoms with E-state index >= 15 is 0 Å². The molecule has 27 heavy (non-hydrogen) atoms. The summed E-state index contributed by atoms with van der Waals surface area (Å²) in [4.78, 5) is 16.1. The maximum absolute atomic E-state index is 12.0. The zero-order valence-electron chi connectivity index (χ0n) is 15.9. The van der Waals surface area contributed by atoms with Gasteiger partial charge in [0.2, 0.25) is 6.29 Å². The fourth-order valence-electron chi connectivity index (χ4n) is 3.74. The van der Waals surface area contributed by atoms with Gasteiger partial charge in [-0.2, -0.15) is 8.42 Å². The van der Waals surface area contributed by atoms with E-state index < -0.39 is 28.5 Å². The van der Waals surface area contributed by atoms with Crippen LogP contribution in [0.2, 0.25) is 0 Å². The molecule has 2 saturated heterocycles. The minimum Gasteiger partial charge on any atom is -0.416 e. The number of likely N-dealkylation sites (tertiary alicyclic amines) is 1. The van der Waals surface area contributed by atoms with Crippen LogP contribution >= 0.6 is 0 Å². The summed E-state index contributed by atoms with van der Waals surface area (Å²) in [6.07, 6.45) is 2.50. The molecule has 2 atom stereocenters. The van der Waals surface area contributed by atoms with E-state index in [4.69, 9.17) is 8.92 Å². The first-order valence-corrected chi connectivity index (χ1v) is 11.3. The summed E-state index contributed by atoms with van der Waals surface area (Å²) in [6, 6.07) is 10.1. The number of carbonyl (C=O) groups is 1. The maximum atomic E-state index is 12.0. The number of amides is 1. The third-order valence-electron chi connectivity index (χ3n) is 5.34. The zero-order valence-corrected chi connectivity index (χ0v) is 16.7. The molecule has 1 aromatic rings. The molecule has 7 nitrogen and oxygen atoms in total. The van der Waals surface area contributed by atoms with Crippen LogP contribution in [0.25, 0.3) is 0 Å². The van der Waals surface area contributed by atoms with Crippen molar-refractivity contribution in [2.45, 2.75) is 45.1 Å². The second-order valence-corrected chi connectivity index (χ2v) is 9.08. The molecule has 2 fully saturated rings. The lowest BCUT2D eigenvalue weighted by Gasteiger charge is -2.33.